The van der Waals surface area contributed by atoms with Crippen molar-refractivity contribution in [2.75, 3.05) is 5.32 Å². The lowest BCUT2D eigenvalue weighted by Crippen LogP contribution is -2.20. The largest absolute Gasteiger partial charge is 0.272 e. The first-order valence-corrected chi connectivity index (χ1v) is 7.33. The van der Waals surface area contributed by atoms with E-state index in [0.29, 0.717) is 6.04 Å². The minimum absolute atomic E-state index is 0.469. The van der Waals surface area contributed by atoms with Gasteiger partial charge in [0.15, 0.2) is 0 Å². The van der Waals surface area contributed by atoms with Crippen molar-refractivity contribution in [3.63, 3.8) is 0 Å². The Hall–Kier alpha value is -1.86. The lowest BCUT2D eigenvalue weighted by atomic mass is 10.2. The normalized spacial score (nSPS) is 11.5. The van der Waals surface area contributed by atoms with Crippen LogP contribution in [0.3, 0.4) is 0 Å². The number of pyridine rings is 1. The van der Waals surface area contributed by atoms with Crippen LogP contribution in [0, 0.1) is 18.8 Å². The zero-order chi connectivity index (χ0) is 13.7. The van der Waals surface area contributed by atoms with E-state index >= 15 is 0 Å². The summed E-state index contributed by atoms with van der Waals surface area (Å²) in [5.74, 6) is 7.28. The van der Waals surface area contributed by atoms with Gasteiger partial charge in [-0.2, -0.15) is 4.98 Å². The smallest absolute Gasteiger partial charge is 0.272 e. The van der Waals surface area contributed by atoms with Crippen LogP contribution in [-0.4, -0.2) is 6.04 Å². The molecule has 0 aliphatic heterocycles. The Morgan fingerprint density at radius 1 is 1.37 bits per heavy atom. The predicted octanol–water partition coefficient (Wildman–Crippen LogP) is 2.29. The molecular weight excluding hydrogens is 254 g/mol. The van der Waals surface area contributed by atoms with Crippen molar-refractivity contribution in [2.24, 2.45) is 0 Å². The molecule has 2 aromatic rings. The molecule has 2 rings (SSSR count). The number of aromatic nitrogens is 2. The van der Waals surface area contributed by atoms with Gasteiger partial charge in [-0.05, 0) is 19.4 Å². The molecule has 0 amide bonds. The van der Waals surface area contributed by atoms with Crippen molar-refractivity contribution in [3.05, 3.63) is 40.0 Å². The maximum atomic E-state index is 3.39. The first kappa shape index (κ1) is 13.6. The highest BCUT2D eigenvalue weighted by molar-refractivity contribution is 7.09. The molecule has 0 radical (unpaired) electrons. The van der Waals surface area contributed by atoms with Crippen LogP contribution in [0.1, 0.15) is 36.5 Å². The summed E-state index contributed by atoms with van der Waals surface area (Å²) in [7, 11) is 0. The molecule has 2 heterocycles. The zero-order valence-electron chi connectivity index (χ0n) is 11.5. The first-order chi connectivity index (χ1) is 9.17. The second-order valence-corrected chi connectivity index (χ2v) is 5.61. The van der Waals surface area contributed by atoms with Gasteiger partial charge in [0, 0.05) is 18.9 Å². The van der Waals surface area contributed by atoms with Crippen LogP contribution in [-0.2, 0) is 0 Å². The van der Waals surface area contributed by atoms with Crippen molar-refractivity contribution >= 4 is 17.2 Å². The van der Waals surface area contributed by atoms with Gasteiger partial charge in [-0.25, -0.2) is 4.98 Å². The Morgan fingerprint density at radius 2 is 2.21 bits per heavy atom. The average Bonchev–Trinajstić information content (AvgIpc) is 2.83. The van der Waals surface area contributed by atoms with Crippen LogP contribution in [0.4, 0.5) is 5.82 Å². The van der Waals surface area contributed by atoms with Crippen LogP contribution in [0.5, 0.6) is 0 Å². The Labute approximate surface area is 118 Å². The number of anilines is 1. The van der Waals surface area contributed by atoms with Crippen LogP contribution in [0.15, 0.2) is 23.7 Å². The summed E-state index contributed by atoms with van der Waals surface area (Å²) in [6.45, 7) is 6.37. The number of aromatic amines is 2. The number of hydrogen-bond donors (Lipinski definition) is 1. The molecule has 4 heteroatoms. The highest BCUT2D eigenvalue weighted by Crippen LogP contribution is 2.04. The lowest BCUT2D eigenvalue weighted by molar-refractivity contribution is -0.383. The van der Waals surface area contributed by atoms with Crippen molar-refractivity contribution in [1.82, 2.24) is 0 Å². The van der Waals surface area contributed by atoms with Crippen LogP contribution in [0.2, 0.25) is 0 Å². The Kier molecular flexibility index (Phi) is 4.53. The third-order valence-corrected chi connectivity index (χ3v) is 3.64. The maximum Gasteiger partial charge on any atom is 0.272 e. The van der Waals surface area contributed by atoms with Crippen LogP contribution >= 0.6 is 11.3 Å². The van der Waals surface area contributed by atoms with Gasteiger partial charge in [0.25, 0.3) is 11.5 Å². The minimum atomic E-state index is 0.469. The van der Waals surface area contributed by atoms with E-state index in [2.05, 4.69) is 41.0 Å². The fourth-order valence-corrected chi connectivity index (χ4v) is 2.14. The molecule has 1 atom stereocenters. The summed E-state index contributed by atoms with van der Waals surface area (Å²) >= 11 is 1.68. The third-order valence-electron chi connectivity index (χ3n) is 2.83. The summed E-state index contributed by atoms with van der Waals surface area (Å²) in [6.07, 6.45) is 3.03. The molecule has 0 aromatic carbocycles. The fraction of sp³-hybridized carbons (Fsp3) is 0.333. The van der Waals surface area contributed by atoms with E-state index in [4.69, 9.17) is 0 Å². The van der Waals surface area contributed by atoms with Gasteiger partial charge < -0.3 is 0 Å². The van der Waals surface area contributed by atoms with Crippen molar-refractivity contribution in [3.8, 4) is 11.8 Å². The van der Waals surface area contributed by atoms with Gasteiger partial charge in [0.1, 0.15) is 6.20 Å². The molecule has 0 saturated carbocycles. The number of thiazole rings is 1. The summed E-state index contributed by atoms with van der Waals surface area (Å²) in [5, 5.41) is 6.59. The Bertz CT molecular complexity index is 590. The molecule has 0 aliphatic rings. The van der Waals surface area contributed by atoms with E-state index in [1.807, 2.05) is 30.6 Å². The standard InChI is InChI=1S/C15H17N3S/c1-4-11(2)17-15-8-6-13(9-16-15)5-7-14-10-19-12(3)18-14/h6,8-11H,4H2,1-3H3,(H,16,17)/p+2/t11-/m0/s1. The zero-order valence-corrected chi connectivity index (χ0v) is 12.3. The third kappa shape index (κ3) is 4.08. The number of rotatable bonds is 3. The lowest BCUT2D eigenvalue weighted by Gasteiger charge is -2.04. The molecule has 98 valence electrons. The number of nitrogens with one attached hydrogen (secondary N) is 3. The Morgan fingerprint density at radius 3 is 2.79 bits per heavy atom. The topological polar surface area (TPSA) is 40.3 Å². The molecule has 2 aromatic heterocycles. The number of aryl methyl sites for hydroxylation is 1. The maximum absolute atomic E-state index is 3.39. The molecule has 0 aliphatic carbocycles. The van der Waals surface area contributed by atoms with Crippen molar-refractivity contribution in [2.45, 2.75) is 33.2 Å². The monoisotopic (exact) mass is 273 g/mol. The van der Waals surface area contributed by atoms with Gasteiger partial charge in [0.2, 0.25) is 5.01 Å². The number of hydrogen-bond acceptors (Lipinski definition) is 2. The molecule has 0 fully saturated rings. The van der Waals surface area contributed by atoms with Gasteiger partial charge in [0.05, 0.1) is 17.0 Å². The number of H-pyrrole nitrogens is 2. The molecule has 3 N–H and O–H groups in total. The van der Waals surface area contributed by atoms with E-state index in [-0.39, 0.29) is 0 Å². The van der Waals surface area contributed by atoms with E-state index in [9.17, 15) is 0 Å². The quantitative estimate of drug-likeness (QED) is 0.856. The van der Waals surface area contributed by atoms with Crippen LogP contribution in [0.25, 0.3) is 0 Å². The molecule has 0 bridgehead atoms. The summed E-state index contributed by atoms with van der Waals surface area (Å²) < 4.78 is 0. The summed E-state index contributed by atoms with van der Waals surface area (Å²) in [4.78, 5) is 6.44. The molecule has 0 unspecified atom stereocenters. The second kappa shape index (κ2) is 6.35. The van der Waals surface area contributed by atoms with E-state index in [1.54, 1.807) is 11.3 Å². The molecular formula is C15H19N3S+2. The molecule has 3 nitrogen and oxygen atoms in total. The SMILES string of the molecule is CC[C@H](C)Nc1ccc(C#Cc2csc(C)[nH+]2)c[nH+]1. The summed E-state index contributed by atoms with van der Waals surface area (Å²) in [6, 6.07) is 4.52. The van der Waals surface area contributed by atoms with E-state index in [0.717, 1.165) is 23.5 Å². The van der Waals surface area contributed by atoms with E-state index in [1.165, 1.54) is 5.01 Å². The highest BCUT2D eigenvalue weighted by Gasteiger charge is 2.06. The average molecular weight is 273 g/mol. The predicted molar refractivity (Wildman–Crippen MR) is 78.0 cm³/mol. The van der Waals surface area contributed by atoms with Gasteiger partial charge in [-0.1, -0.05) is 24.2 Å². The molecule has 0 saturated heterocycles. The van der Waals surface area contributed by atoms with Gasteiger partial charge in [-0.15, -0.1) is 0 Å². The van der Waals surface area contributed by atoms with Gasteiger partial charge >= 0.3 is 0 Å². The fourth-order valence-electron chi connectivity index (χ4n) is 1.56. The molecule has 0 spiro atoms. The van der Waals surface area contributed by atoms with E-state index < -0.39 is 0 Å². The van der Waals surface area contributed by atoms with Crippen molar-refractivity contribution in [1.29, 1.82) is 0 Å². The highest BCUT2D eigenvalue weighted by atomic mass is 32.1. The van der Waals surface area contributed by atoms with Crippen LogP contribution < -0.4 is 15.3 Å². The molecule has 19 heavy (non-hydrogen) atoms. The minimum Gasteiger partial charge on any atom is -0.272 e. The second-order valence-electron chi connectivity index (χ2n) is 4.53. The summed E-state index contributed by atoms with van der Waals surface area (Å²) in [5.41, 5.74) is 1.94. The first-order valence-electron chi connectivity index (χ1n) is 6.45. The Balaban J connectivity index is 2.05. The van der Waals surface area contributed by atoms with Gasteiger partial charge in [-0.3, -0.25) is 5.32 Å². The van der Waals surface area contributed by atoms with Crippen molar-refractivity contribution < 1.29 is 9.97 Å².